The van der Waals surface area contributed by atoms with Crippen molar-refractivity contribution in [3.63, 3.8) is 0 Å². The van der Waals surface area contributed by atoms with Gasteiger partial charge in [0.25, 0.3) is 5.91 Å². The van der Waals surface area contributed by atoms with E-state index in [0.29, 0.717) is 41.3 Å². The summed E-state index contributed by atoms with van der Waals surface area (Å²) in [5, 5.41) is 4.46. The summed E-state index contributed by atoms with van der Waals surface area (Å²) in [6.07, 6.45) is 0.474. The molecule has 130 valence electrons. The third kappa shape index (κ3) is 2.78. The van der Waals surface area contributed by atoms with Crippen LogP contribution >= 0.6 is 0 Å². The van der Waals surface area contributed by atoms with Crippen LogP contribution in [0.1, 0.15) is 34.7 Å². The number of amides is 1. The molecule has 0 saturated carbocycles. The summed E-state index contributed by atoms with van der Waals surface area (Å²) in [6.45, 7) is 2.15. The molecule has 1 fully saturated rings. The summed E-state index contributed by atoms with van der Waals surface area (Å²) in [6, 6.07) is 5.66. The second-order valence-corrected chi connectivity index (χ2v) is 6.16. The quantitative estimate of drug-likeness (QED) is 0.789. The average molecular weight is 344 g/mol. The van der Waals surface area contributed by atoms with Gasteiger partial charge in [-0.2, -0.15) is 4.98 Å². The van der Waals surface area contributed by atoms with Crippen LogP contribution in [0.15, 0.2) is 28.8 Å². The largest absolute Gasteiger partial charge is 0.380 e. The Morgan fingerprint density at radius 1 is 1.44 bits per heavy atom. The minimum Gasteiger partial charge on any atom is -0.380 e. The van der Waals surface area contributed by atoms with Gasteiger partial charge in [-0.3, -0.25) is 4.79 Å². The van der Waals surface area contributed by atoms with Crippen LogP contribution in [0.5, 0.6) is 0 Å². The summed E-state index contributed by atoms with van der Waals surface area (Å²) in [5.41, 5.74) is 1.09. The van der Waals surface area contributed by atoms with Gasteiger partial charge in [0.1, 0.15) is 17.6 Å². The van der Waals surface area contributed by atoms with Crippen molar-refractivity contribution in [2.45, 2.75) is 25.5 Å². The number of benzene rings is 1. The number of nitrogens with one attached hydrogen (secondary N) is 1. The van der Waals surface area contributed by atoms with Gasteiger partial charge in [0.05, 0.1) is 6.10 Å². The van der Waals surface area contributed by atoms with E-state index in [2.05, 4.69) is 15.1 Å². The fourth-order valence-corrected chi connectivity index (χ4v) is 3.25. The Morgan fingerprint density at radius 3 is 3.00 bits per heavy atom. The fraction of sp³-hybridized carbons (Fsp3) is 0.353. The number of aromatic nitrogens is 3. The highest BCUT2D eigenvalue weighted by Gasteiger charge is 2.40. The third-order valence-corrected chi connectivity index (χ3v) is 4.50. The van der Waals surface area contributed by atoms with Crippen molar-refractivity contribution in [3.8, 4) is 0 Å². The van der Waals surface area contributed by atoms with Crippen LogP contribution in [0.25, 0.3) is 10.9 Å². The Labute approximate surface area is 142 Å². The van der Waals surface area contributed by atoms with Gasteiger partial charge < -0.3 is 19.1 Å². The summed E-state index contributed by atoms with van der Waals surface area (Å²) in [5.74, 6) is 0.360. The number of H-pyrrole nitrogens is 1. The first-order chi connectivity index (χ1) is 12.0. The van der Waals surface area contributed by atoms with Crippen LogP contribution in [0, 0.1) is 12.7 Å². The molecule has 0 bridgehead atoms. The normalized spacial score (nSPS) is 20.5. The lowest BCUT2D eigenvalue weighted by Gasteiger charge is -2.20. The second kappa shape index (κ2) is 5.96. The number of fused-ring (bicyclic) bond motifs is 1. The molecule has 1 amide bonds. The van der Waals surface area contributed by atoms with Crippen LogP contribution in [0.2, 0.25) is 0 Å². The van der Waals surface area contributed by atoms with Gasteiger partial charge in [0.2, 0.25) is 5.89 Å². The third-order valence-electron chi connectivity index (χ3n) is 4.50. The molecular formula is C17H17FN4O3. The van der Waals surface area contributed by atoms with Crippen molar-refractivity contribution in [1.29, 1.82) is 0 Å². The monoisotopic (exact) mass is 344 g/mol. The number of methoxy groups -OCH3 is 1. The van der Waals surface area contributed by atoms with Gasteiger partial charge in [-0.25, -0.2) is 4.39 Å². The zero-order valence-corrected chi connectivity index (χ0v) is 13.8. The maximum Gasteiger partial charge on any atom is 0.271 e. The molecule has 1 saturated heterocycles. The molecule has 1 N–H and O–H groups in total. The molecule has 7 nitrogen and oxygen atoms in total. The molecule has 4 rings (SSSR count). The highest BCUT2D eigenvalue weighted by atomic mass is 19.1. The van der Waals surface area contributed by atoms with Gasteiger partial charge in [-0.15, -0.1) is 0 Å². The highest BCUT2D eigenvalue weighted by Crippen LogP contribution is 2.34. The zero-order valence-electron chi connectivity index (χ0n) is 13.8. The topological polar surface area (TPSA) is 84.2 Å². The lowest BCUT2D eigenvalue weighted by atomic mass is 10.2. The van der Waals surface area contributed by atoms with Crippen molar-refractivity contribution in [3.05, 3.63) is 47.5 Å². The smallest absolute Gasteiger partial charge is 0.271 e. The molecule has 1 aliphatic rings. The molecule has 3 heterocycles. The van der Waals surface area contributed by atoms with E-state index in [0.717, 1.165) is 0 Å². The predicted molar refractivity (Wildman–Crippen MR) is 86.5 cm³/mol. The molecule has 0 radical (unpaired) electrons. The number of halogens is 1. The van der Waals surface area contributed by atoms with Crippen LogP contribution in [0.4, 0.5) is 4.39 Å². The van der Waals surface area contributed by atoms with E-state index in [-0.39, 0.29) is 23.9 Å². The first-order valence-electron chi connectivity index (χ1n) is 7.97. The van der Waals surface area contributed by atoms with E-state index >= 15 is 0 Å². The number of rotatable bonds is 3. The summed E-state index contributed by atoms with van der Waals surface area (Å²) < 4.78 is 24.1. The van der Waals surface area contributed by atoms with Gasteiger partial charge >= 0.3 is 0 Å². The number of nitrogens with zero attached hydrogens (tertiary/aromatic N) is 3. The minimum absolute atomic E-state index is 0.108. The Balaban J connectivity index is 1.68. The number of carbonyl (C=O) groups excluding carboxylic acids is 1. The van der Waals surface area contributed by atoms with Gasteiger partial charge in [-0.05, 0) is 31.2 Å². The first kappa shape index (κ1) is 15.8. The molecule has 0 spiro atoms. The average Bonchev–Trinajstić information content (AvgIpc) is 3.30. The van der Waals surface area contributed by atoms with E-state index in [1.54, 1.807) is 31.1 Å². The molecule has 25 heavy (non-hydrogen) atoms. The number of hydrogen-bond acceptors (Lipinski definition) is 5. The van der Waals surface area contributed by atoms with Gasteiger partial charge in [0.15, 0.2) is 5.82 Å². The van der Waals surface area contributed by atoms with E-state index in [9.17, 15) is 9.18 Å². The Kier molecular flexibility index (Phi) is 3.76. The SMILES string of the molecule is CO[C@@H]1C[C@H](c2nc(C)no2)N(C(=O)c2cc3cc(F)ccc3[nH]2)C1. The molecule has 0 unspecified atom stereocenters. The van der Waals surface area contributed by atoms with Gasteiger partial charge in [0, 0.05) is 31.0 Å². The van der Waals surface area contributed by atoms with Crippen molar-refractivity contribution in [2.75, 3.05) is 13.7 Å². The summed E-state index contributed by atoms with van der Waals surface area (Å²) >= 11 is 0. The van der Waals surface area contributed by atoms with E-state index in [1.165, 1.54) is 12.1 Å². The molecule has 0 aliphatic carbocycles. The number of hydrogen-bond donors (Lipinski definition) is 1. The van der Waals surface area contributed by atoms with Crippen molar-refractivity contribution < 1.29 is 18.4 Å². The van der Waals surface area contributed by atoms with Crippen molar-refractivity contribution in [2.24, 2.45) is 0 Å². The number of ether oxygens (including phenoxy) is 1. The molecule has 8 heteroatoms. The van der Waals surface area contributed by atoms with Gasteiger partial charge in [-0.1, -0.05) is 5.16 Å². The lowest BCUT2D eigenvalue weighted by molar-refractivity contribution is 0.0666. The molecular weight excluding hydrogens is 327 g/mol. The number of aromatic amines is 1. The number of carbonyl (C=O) groups is 1. The first-order valence-corrected chi connectivity index (χ1v) is 7.97. The molecule has 3 aromatic rings. The summed E-state index contributed by atoms with van der Waals surface area (Å²) in [4.78, 5) is 22.0. The predicted octanol–water partition coefficient (Wildman–Crippen LogP) is 2.60. The number of aryl methyl sites for hydroxylation is 1. The molecule has 1 aliphatic heterocycles. The standard InChI is InChI=1S/C17H17FN4O3/c1-9-19-16(25-21-9)15-7-12(24-2)8-22(15)17(23)14-6-10-5-11(18)3-4-13(10)20-14/h3-6,12,15,20H,7-8H2,1-2H3/t12-,15-/m1/s1. The molecule has 2 atom stereocenters. The molecule has 1 aromatic carbocycles. The van der Waals surface area contributed by atoms with E-state index < -0.39 is 0 Å². The maximum absolute atomic E-state index is 13.4. The zero-order chi connectivity index (χ0) is 17.6. The Morgan fingerprint density at radius 2 is 2.28 bits per heavy atom. The Bertz CT molecular complexity index is 935. The minimum atomic E-state index is -0.346. The van der Waals surface area contributed by atoms with Crippen LogP contribution in [0.3, 0.4) is 0 Å². The van der Waals surface area contributed by atoms with Crippen LogP contribution in [-0.4, -0.2) is 45.7 Å². The van der Waals surface area contributed by atoms with Crippen LogP contribution < -0.4 is 0 Å². The molecule has 2 aromatic heterocycles. The summed E-state index contributed by atoms with van der Waals surface area (Å²) in [7, 11) is 1.61. The number of likely N-dealkylation sites (tertiary alicyclic amines) is 1. The maximum atomic E-state index is 13.4. The van der Waals surface area contributed by atoms with E-state index in [1.807, 2.05) is 0 Å². The van der Waals surface area contributed by atoms with Crippen LogP contribution in [-0.2, 0) is 4.74 Å². The second-order valence-electron chi connectivity index (χ2n) is 6.16. The Hall–Kier alpha value is -2.74. The van der Waals surface area contributed by atoms with Crippen molar-refractivity contribution >= 4 is 16.8 Å². The van der Waals surface area contributed by atoms with Crippen molar-refractivity contribution in [1.82, 2.24) is 20.0 Å². The van der Waals surface area contributed by atoms with E-state index in [4.69, 9.17) is 9.26 Å². The fourth-order valence-electron chi connectivity index (χ4n) is 3.25. The lowest BCUT2D eigenvalue weighted by Crippen LogP contribution is -2.32. The highest BCUT2D eigenvalue weighted by molar-refractivity contribution is 5.98.